The molecule has 6 heteroatoms. The number of nitrogens with two attached hydrogens (primary N) is 1. The van der Waals surface area contributed by atoms with Crippen molar-refractivity contribution < 1.29 is 14.6 Å². The third-order valence-electron chi connectivity index (χ3n) is 5.43. The summed E-state index contributed by atoms with van der Waals surface area (Å²) in [5.41, 5.74) is 10.2. The molecule has 6 nitrogen and oxygen atoms in total. The fraction of sp³-hybridized carbons (Fsp3) is 0.370. The van der Waals surface area contributed by atoms with Crippen LogP contribution in [0.1, 0.15) is 46.3 Å². The van der Waals surface area contributed by atoms with E-state index in [0.29, 0.717) is 24.5 Å². The van der Waals surface area contributed by atoms with E-state index in [1.165, 1.54) is 16.5 Å². The molecule has 0 atom stereocenters. The summed E-state index contributed by atoms with van der Waals surface area (Å²) in [7, 11) is 3.93. The number of aryl methyl sites for hydroxylation is 2. The maximum absolute atomic E-state index is 11.6. The first-order valence-electron chi connectivity index (χ1n) is 11.4. The highest BCUT2D eigenvalue weighted by Crippen LogP contribution is 2.29. The summed E-state index contributed by atoms with van der Waals surface area (Å²) in [5.74, 6) is 6.35. The number of aliphatic hydroxyl groups excluding tert-OH is 1. The van der Waals surface area contributed by atoms with E-state index in [1.807, 2.05) is 43.4 Å². The molecule has 1 amide bonds. The van der Waals surface area contributed by atoms with Crippen LogP contribution in [0.5, 0.6) is 5.75 Å². The number of para-hydroxylation sites is 1. The lowest BCUT2D eigenvalue weighted by atomic mass is 10.0. The van der Waals surface area contributed by atoms with Gasteiger partial charge in [0.25, 0.3) is 5.91 Å². The third-order valence-corrected chi connectivity index (χ3v) is 5.43. The van der Waals surface area contributed by atoms with Gasteiger partial charge >= 0.3 is 0 Å². The smallest absolute Gasteiger partial charge is 0.252 e. The molecule has 2 aromatic carbocycles. The van der Waals surface area contributed by atoms with Gasteiger partial charge in [0.1, 0.15) is 5.75 Å². The fourth-order valence-corrected chi connectivity index (χ4v) is 3.80. The molecule has 1 aliphatic rings. The Kier molecular flexibility index (Phi) is 8.94. The molecule has 0 saturated carbocycles. The van der Waals surface area contributed by atoms with E-state index in [2.05, 4.69) is 29.0 Å². The highest BCUT2D eigenvalue weighted by atomic mass is 16.5. The van der Waals surface area contributed by atoms with Crippen LogP contribution < -0.4 is 10.5 Å². The van der Waals surface area contributed by atoms with Gasteiger partial charge in [-0.25, -0.2) is 0 Å². The van der Waals surface area contributed by atoms with Crippen LogP contribution >= 0.6 is 0 Å². The van der Waals surface area contributed by atoms with Crippen molar-refractivity contribution in [1.82, 2.24) is 9.88 Å². The summed E-state index contributed by atoms with van der Waals surface area (Å²) in [6.45, 7) is 1.58. The predicted octanol–water partition coefficient (Wildman–Crippen LogP) is 3.51. The quantitative estimate of drug-likeness (QED) is 0.522. The molecule has 4 N–H and O–H groups in total. The lowest BCUT2D eigenvalue weighted by molar-refractivity contribution is 0.0996. The van der Waals surface area contributed by atoms with E-state index in [-0.39, 0.29) is 6.61 Å². The fourth-order valence-electron chi connectivity index (χ4n) is 3.80. The number of aromatic nitrogens is 1. The molecule has 0 saturated heterocycles. The second-order valence-electron chi connectivity index (χ2n) is 8.41. The van der Waals surface area contributed by atoms with Crippen molar-refractivity contribution in [3.05, 3.63) is 64.8 Å². The maximum Gasteiger partial charge on any atom is 0.252 e. The van der Waals surface area contributed by atoms with Gasteiger partial charge in [-0.05, 0) is 75.5 Å². The van der Waals surface area contributed by atoms with Crippen LogP contribution in [0, 0.1) is 11.8 Å². The highest BCUT2D eigenvalue weighted by Gasteiger charge is 2.18. The number of aliphatic hydroxyl groups is 1. The van der Waals surface area contributed by atoms with Crippen LogP contribution in [0.25, 0.3) is 10.9 Å². The summed E-state index contributed by atoms with van der Waals surface area (Å²) >= 11 is 0. The minimum Gasteiger partial charge on any atom is -0.492 e. The van der Waals surface area contributed by atoms with E-state index >= 15 is 0 Å². The summed E-state index contributed by atoms with van der Waals surface area (Å²) in [5, 5.41) is 10.0. The van der Waals surface area contributed by atoms with Crippen molar-refractivity contribution in [3.63, 3.8) is 0 Å². The number of carbonyl (C=O) groups is 1. The van der Waals surface area contributed by atoms with E-state index in [9.17, 15) is 4.79 Å². The minimum absolute atomic E-state index is 0.263. The topological polar surface area (TPSA) is 91.6 Å². The second kappa shape index (κ2) is 12.1. The molecule has 33 heavy (non-hydrogen) atoms. The molecule has 1 aliphatic heterocycles. The summed E-state index contributed by atoms with van der Waals surface area (Å²) in [6.07, 6.45) is 6.76. The zero-order chi connectivity index (χ0) is 23.6. The summed E-state index contributed by atoms with van der Waals surface area (Å²) in [4.78, 5) is 16.8. The van der Waals surface area contributed by atoms with Crippen molar-refractivity contribution in [2.75, 3.05) is 33.9 Å². The average Bonchev–Trinajstić information content (AvgIpc) is 3.06. The largest absolute Gasteiger partial charge is 0.492 e. The number of hydrogen-bond donors (Lipinski definition) is 3. The minimum atomic E-state index is -0.459. The molecule has 0 spiro atoms. The number of nitrogens with zero attached hydrogens (tertiary/aromatic N) is 1. The van der Waals surface area contributed by atoms with Gasteiger partial charge < -0.3 is 20.6 Å². The Morgan fingerprint density at radius 3 is 2.82 bits per heavy atom. The number of primary amides is 1. The first-order valence-corrected chi connectivity index (χ1v) is 11.4. The Bertz CT molecular complexity index is 1140. The monoisotopic (exact) mass is 447 g/mol. The van der Waals surface area contributed by atoms with Crippen molar-refractivity contribution in [3.8, 4) is 17.6 Å². The molecular weight excluding hydrogens is 414 g/mol. The lowest BCUT2D eigenvalue weighted by Gasteiger charge is -2.11. The van der Waals surface area contributed by atoms with Gasteiger partial charge in [0.15, 0.2) is 0 Å². The van der Waals surface area contributed by atoms with Crippen molar-refractivity contribution >= 4 is 16.8 Å². The maximum atomic E-state index is 11.6. The number of amides is 1. The number of nitrogens with one attached hydrogen (secondary N) is 1. The normalized spacial score (nSPS) is 12.6. The number of rotatable bonds is 5. The Hall–Kier alpha value is -3.27. The van der Waals surface area contributed by atoms with Gasteiger partial charge in [0.05, 0.1) is 18.7 Å². The number of H-pyrrole nitrogens is 1. The summed E-state index contributed by atoms with van der Waals surface area (Å²) in [6, 6.07) is 12.0. The van der Waals surface area contributed by atoms with E-state index in [0.717, 1.165) is 43.2 Å². The highest BCUT2D eigenvalue weighted by molar-refractivity contribution is 5.96. The molecule has 2 heterocycles. The molecule has 3 aromatic rings. The Morgan fingerprint density at radius 2 is 2.06 bits per heavy atom. The SMILES string of the molecule is CN(C)CC#Cc1cc2c(c(C(N)=O)c1)OCCCC2.OCCCc1c[nH]c2ccccc12. The van der Waals surface area contributed by atoms with Gasteiger partial charge in [0.2, 0.25) is 0 Å². The van der Waals surface area contributed by atoms with E-state index in [4.69, 9.17) is 15.6 Å². The van der Waals surface area contributed by atoms with Gasteiger partial charge in [-0.15, -0.1) is 0 Å². The van der Waals surface area contributed by atoms with Crippen molar-refractivity contribution in [2.45, 2.75) is 32.1 Å². The molecule has 1 aromatic heterocycles. The van der Waals surface area contributed by atoms with Crippen LogP contribution in [0.3, 0.4) is 0 Å². The molecule has 0 aliphatic carbocycles. The molecule has 0 fully saturated rings. The third kappa shape index (κ3) is 6.85. The number of carbonyl (C=O) groups excluding carboxylic acids is 1. The van der Waals surface area contributed by atoms with Crippen LogP contribution in [-0.4, -0.2) is 54.8 Å². The molecule has 0 radical (unpaired) electrons. The van der Waals surface area contributed by atoms with Gasteiger partial charge in [0, 0.05) is 29.3 Å². The zero-order valence-corrected chi connectivity index (χ0v) is 19.5. The van der Waals surface area contributed by atoms with Crippen molar-refractivity contribution in [2.24, 2.45) is 5.73 Å². The lowest BCUT2D eigenvalue weighted by Crippen LogP contribution is -2.14. The van der Waals surface area contributed by atoms with Gasteiger partial charge in [-0.1, -0.05) is 30.0 Å². The second-order valence-corrected chi connectivity index (χ2v) is 8.41. The van der Waals surface area contributed by atoms with Crippen LogP contribution in [0.2, 0.25) is 0 Å². The number of benzene rings is 2. The Labute approximate surface area is 195 Å². The first kappa shape index (κ1) is 24.4. The summed E-state index contributed by atoms with van der Waals surface area (Å²) < 4.78 is 5.68. The van der Waals surface area contributed by atoms with E-state index in [1.54, 1.807) is 6.07 Å². The van der Waals surface area contributed by atoms with Crippen LogP contribution in [0.4, 0.5) is 0 Å². The zero-order valence-electron chi connectivity index (χ0n) is 19.5. The number of fused-ring (bicyclic) bond motifs is 2. The van der Waals surface area contributed by atoms with Crippen molar-refractivity contribution in [1.29, 1.82) is 0 Å². The Morgan fingerprint density at radius 1 is 1.24 bits per heavy atom. The molecule has 0 bridgehead atoms. The number of ether oxygens (including phenoxy) is 1. The Balaban J connectivity index is 0.000000203. The average molecular weight is 448 g/mol. The van der Waals surface area contributed by atoms with Crippen LogP contribution in [-0.2, 0) is 12.8 Å². The molecule has 4 rings (SSSR count). The number of hydrogen-bond acceptors (Lipinski definition) is 4. The molecule has 0 unspecified atom stereocenters. The van der Waals surface area contributed by atoms with E-state index < -0.39 is 5.91 Å². The van der Waals surface area contributed by atoms with Gasteiger partial charge in [-0.2, -0.15) is 0 Å². The van der Waals surface area contributed by atoms with Crippen LogP contribution in [0.15, 0.2) is 42.6 Å². The molecular formula is C27H33N3O3. The standard InChI is InChI=1S/C16H20N2O2.C11H13NO/c1-18(2)8-5-6-12-10-13-7-3-4-9-20-15(13)14(11-12)16(17)19;13-7-3-4-9-8-12-11-6-2-1-5-10(9)11/h10-11H,3-4,7-9H2,1-2H3,(H2,17,19);1-2,5-6,8,12-13H,3-4,7H2. The molecule has 174 valence electrons. The first-order chi connectivity index (χ1) is 16.0. The predicted molar refractivity (Wildman–Crippen MR) is 133 cm³/mol. The number of aromatic amines is 1. The van der Waals surface area contributed by atoms with Gasteiger partial charge in [-0.3, -0.25) is 9.69 Å².